The third-order valence-electron chi connectivity index (χ3n) is 3.24. The lowest BCUT2D eigenvalue weighted by atomic mass is 10.2. The zero-order valence-electron chi connectivity index (χ0n) is 13.8. The van der Waals surface area contributed by atoms with Gasteiger partial charge in [0.2, 0.25) is 5.91 Å². The first-order chi connectivity index (χ1) is 10.1. The number of benzene rings is 1. The van der Waals surface area contributed by atoms with Gasteiger partial charge in [0, 0.05) is 6.54 Å². The van der Waals surface area contributed by atoms with Crippen LogP contribution in [-0.2, 0) is 4.79 Å². The van der Waals surface area contributed by atoms with E-state index in [2.05, 4.69) is 43.1 Å². The first-order valence-corrected chi connectivity index (χ1v) is 7.84. The molecule has 0 aliphatic rings. The fourth-order valence-corrected chi connectivity index (χ4v) is 1.83. The van der Waals surface area contributed by atoms with Gasteiger partial charge in [0.1, 0.15) is 0 Å². The zero-order chi connectivity index (χ0) is 15.9. The highest BCUT2D eigenvalue weighted by Gasteiger charge is 1.99. The predicted octanol–water partition coefficient (Wildman–Crippen LogP) is 2.18. The van der Waals surface area contributed by atoms with E-state index in [1.54, 1.807) is 0 Å². The molecular weight excluding hydrogens is 262 g/mol. The van der Waals surface area contributed by atoms with Gasteiger partial charge in [-0.15, -0.1) is 0 Å². The second kappa shape index (κ2) is 13.6. The minimum atomic E-state index is -0.0622. The number of hydrogen-bond acceptors (Lipinski definition) is 3. The van der Waals surface area contributed by atoms with Crippen LogP contribution in [0.2, 0.25) is 0 Å². The zero-order valence-corrected chi connectivity index (χ0v) is 13.8. The van der Waals surface area contributed by atoms with Crippen molar-refractivity contribution in [1.82, 2.24) is 10.2 Å². The minimum absolute atomic E-state index is 0.0622. The molecule has 0 fully saturated rings. The van der Waals surface area contributed by atoms with E-state index in [9.17, 15) is 4.79 Å². The number of nitrogens with zero attached hydrogens (tertiary/aromatic N) is 1. The summed E-state index contributed by atoms with van der Waals surface area (Å²) < 4.78 is 0. The van der Waals surface area contributed by atoms with Crippen molar-refractivity contribution >= 4 is 5.91 Å². The molecule has 21 heavy (non-hydrogen) atoms. The lowest BCUT2D eigenvalue weighted by Gasteiger charge is -2.17. The number of aryl methyl sites for hydroxylation is 1. The van der Waals surface area contributed by atoms with Crippen molar-refractivity contribution < 1.29 is 4.79 Å². The van der Waals surface area contributed by atoms with Gasteiger partial charge in [0.15, 0.2) is 0 Å². The van der Waals surface area contributed by atoms with E-state index in [4.69, 9.17) is 5.73 Å². The maximum absolute atomic E-state index is 10.8. The average molecular weight is 293 g/mol. The molecule has 0 saturated carbocycles. The second-order valence-electron chi connectivity index (χ2n) is 4.94. The van der Waals surface area contributed by atoms with Crippen LogP contribution in [-0.4, -0.2) is 43.5 Å². The molecule has 1 rings (SSSR count). The van der Waals surface area contributed by atoms with E-state index in [0.717, 1.165) is 39.0 Å². The molecule has 0 spiro atoms. The number of carbonyl (C=O) groups is 1. The Morgan fingerprint density at radius 2 is 1.76 bits per heavy atom. The molecule has 120 valence electrons. The van der Waals surface area contributed by atoms with Crippen LogP contribution in [0.25, 0.3) is 0 Å². The van der Waals surface area contributed by atoms with Crippen LogP contribution in [0.1, 0.15) is 32.3 Å². The van der Waals surface area contributed by atoms with E-state index in [-0.39, 0.29) is 12.5 Å². The predicted molar refractivity (Wildman–Crippen MR) is 90.3 cm³/mol. The fourth-order valence-electron chi connectivity index (χ4n) is 1.83. The molecular formula is C17H31N3O. The third kappa shape index (κ3) is 12.1. The lowest BCUT2D eigenvalue weighted by Crippen LogP contribution is -2.31. The summed E-state index contributed by atoms with van der Waals surface area (Å²) in [5.74, 6) is -0.0622. The normalized spacial score (nSPS) is 9.95. The standard InChI is InChI=1S/C10H23N3O.C7H8/c1-3-13(4-2)8-6-5-7-12-10(14)9-11;1-7-5-3-2-4-6-7/h3-9,11H2,1-2H3,(H,12,14);2-6H,1H3. The number of unbranched alkanes of at least 4 members (excludes halogenated alkanes) is 1. The van der Waals surface area contributed by atoms with Gasteiger partial charge in [0.05, 0.1) is 6.54 Å². The summed E-state index contributed by atoms with van der Waals surface area (Å²) in [5, 5.41) is 2.76. The SMILES string of the molecule is CCN(CC)CCCCNC(=O)CN.Cc1ccccc1. The van der Waals surface area contributed by atoms with Crippen LogP contribution in [0, 0.1) is 6.92 Å². The lowest BCUT2D eigenvalue weighted by molar-refractivity contribution is -0.119. The van der Waals surface area contributed by atoms with E-state index in [0.29, 0.717) is 0 Å². The van der Waals surface area contributed by atoms with Crippen molar-refractivity contribution in [2.75, 3.05) is 32.7 Å². The summed E-state index contributed by atoms with van der Waals surface area (Å²) in [4.78, 5) is 13.2. The van der Waals surface area contributed by atoms with Gasteiger partial charge < -0.3 is 16.0 Å². The van der Waals surface area contributed by atoms with E-state index >= 15 is 0 Å². The van der Waals surface area contributed by atoms with E-state index in [1.807, 2.05) is 18.2 Å². The fraction of sp³-hybridized carbons (Fsp3) is 0.588. The van der Waals surface area contributed by atoms with Crippen LogP contribution < -0.4 is 11.1 Å². The largest absolute Gasteiger partial charge is 0.355 e. The van der Waals surface area contributed by atoms with Crippen LogP contribution >= 0.6 is 0 Å². The Labute approximate surface area is 129 Å². The summed E-state index contributed by atoms with van der Waals surface area (Å²) in [6.45, 7) is 10.6. The first kappa shape index (κ1) is 19.6. The molecule has 0 atom stereocenters. The monoisotopic (exact) mass is 293 g/mol. The number of rotatable bonds is 8. The molecule has 0 aliphatic carbocycles. The van der Waals surface area contributed by atoms with Crippen molar-refractivity contribution in [3.05, 3.63) is 35.9 Å². The van der Waals surface area contributed by atoms with Crippen molar-refractivity contribution in [3.63, 3.8) is 0 Å². The smallest absolute Gasteiger partial charge is 0.233 e. The number of nitrogens with two attached hydrogens (primary N) is 1. The van der Waals surface area contributed by atoms with E-state index in [1.165, 1.54) is 5.56 Å². The van der Waals surface area contributed by atoms with Gasteiger partial charge in [-0.2, -0.15) is 0 Å². The quantitative estimate of drug-likeness (QED) is 0.722. The van der Waals surface area contributed by atoms with Crippen molar-refractivity contribution in [2.24, 2.45) is 5.73 Å². The Kier molecular flexibility index (Phi) is 12.7. The summed E-state index contributed by atoms with van der Waals surface area (Å²) in [6.07, 6.45) is 2.16. The van der Waals surface area contributed by atoms with Gasteiger partial charge >= 0.3 is 0 Å². The molecule has 4 heteroatoms. The van der Waals surface area contributed by atoms with Crippen LogP contribution in [0.3, 0.4) is 0 Å². The molecule has 0 aromatic heterocycles. The first-order valence-electron chi connectivity index (χ1n) is 7.84. The van der Waals surface area contributed by atoms with Gasteiger partial charge in [-0.3, -0.25) is 4.79 Å². The summed E-state index contributed by atoms with van der Waals surface area (Å²) >= 11 is 0. The molecule has 0 heterocycles. The minimum Gasteiger partial charge on any atom is -0.355 e. The third-order valence-corrected chi connectivity index (χ3v) is 3.24. The van der Waals surface area contributed by atoms with Crippen LogP contribution in [0.4, 0.5) is 0 Å². The molecule has 3 N–H and O–H groups in total. The van der Waals surface area contributed by atoms with Crippen molar-refractivity contribution in [3.8, 4) is 0 Å². The number of carbonyl (C=O) groups excluding carboxylic acids is 1. The van der Waals surface area contributed by atoms with Crippen LogP contribution in [0.15, 0.2) is 30.3 Å². The number of hydrogen-bond donors (Lipinski definition) is 2. The molecule has 0 saturated heterocycles. The van der Waals surface area contributed by atoms with Crippen LogP contribution in [0.5, 0.6) is 0 Å². The summed E-state index contributed by atoms with van der Waals surface area (Å²) in [5.41, 5.74) is 6.48. The Bertz CT molecular complexity index is 350. The molecule has 4 nitrogen and oxygen atoms in total. The molecule has 1 aromatic rings. The highest BCUT2D eigenvalue weighted by molar-refractivity contribution is 5.77. The Balaban J connectivity index is 0.000000471. The highest BCUT2D eigenvalue weighted by atomic mass is 16.1. The number of amides is 1. The maximum Gasteiger partial charge on any atom is 0.233 e. The average Bonchev–Trinajstić information content (AvgIpc) is 2.52. The second-order valence-corrected chi connectivity index (χ2v) is 4.94. The van der Waals surface area contributed by atoms with Crippen molar-refractivity contribution in [1.29, 1.82) is 0 Å². The number of nitrogens with one attached hydrogen (secondary N) is 1. The molecule has 0 aliphatic heterocycles. The van der Waals surface area contributed by atoms with Gasteiger partial charge in [0.25, 0.3) is 0 Å². The van der Waals surface area contributed by atoms with E-state index < -0.39 is 0 Å². The molecule has 0 bridgehead atoms. The summed E-state index contributed by atoms with van der Waals surface area (Å²) in [6, 6.07) is 10.3. The Hall–Kier alpha value is -1.39. The highest BCUT2D eigenvalue weighted by Crippen LogP contribution is 1.93. The Morgan fingerprint density at radius 3 is 2.19 bits per heavy atom. The van der Waals surface area contributed by atoms with Gasteiger partial charge in [-0.05, 0) is 39.4 Å². The van der Waals surface area contributed by atoms with Gasteiger partial charge in [-0.25, -0.2) is 0 Å². The molecule has 1 aromatic carbocycles. The van der Waals surface area contributed by atoms with Gasteiger partial charge in [-0.1, -0.05) is 49.7 Å². The topological polar surface area (TPSA) is 58.4 Å². The molecule has 0 radical (unpaired) electrons. The Morgan fingerprint density at radius 1 is 1.14 bits per heavy atom. The maximum atomic E-state index is 10.8. The summed E-state index contributed by atoms with van der Waals surface area (Å²) in [7, 11) is 0. The van der Waals surface area contributed by atoms with Crippen molar-refractivity contribution in [2.45, 2.75) is 33.6 Å². The molecule has 0 unspecified atom stereocenters. The molecule has 1 amide bonds.